The quantitative estimate of drug-likeness (QED) is 0.929. The smallest absolute Gasteiger partial charge is 0.123 e. The van der Waals surface area contributed by atoms with Crippen molar-refractivity contribution in [3.05, 3.63) is 29.3 Å². The van der Waals surface area contributed by atoms with Crippen molar-refractivity contribution in [1.29, 1.82) is 0 Å². The lowest BCUT2D eigenvalue weighted by molar-refractivity contribution is 0.138. The van der Waals surface area contributed by atoms with Gasteiger partial charge in [0, 0.05) is 25.6 Å². The molecular weight excluding hydrogens is 284 g/mol. The number of ether oxygens (including phenoxy) is 1. The van der Waals surface area contributed by atoms with Gasteiger partial charge >= 0.3 is 0 Å². The van der Waals surface area contributed by atoms with Crippen LogP contribution in [0.5, 0.6) is 5.75 Å². The van der Waals surface area contributed by atoms with Crippen LogP contribution in [0.15, 0.2) is 18.2 Å². The van der Waals surface area contributed by atoms with Crippen molar-refractivity contribution in [3.63, 3.8) is 0 Å². The summed E-state index contributed by atoms with van der Waals surface area (Å²) in [5, 5.41) is 3.41. The van der Waals surface area contributed by atoms with Gasteiger partial charge in [-0.2, -0.15) is 0 Å². The van der Waals surface area contributed by atoms with E-state index in [-0.39, 0.29) is 18.0 Å². The van der Waals surface area contributed by atoms with Gasteiger partial charge in [-0.3, -0.25) is 4.90 Å². The number of likely N-dealkylation sites (N-methyl/N-ethyl adjacent to an activating group) is 1. The van der Waals surface area contributed by atoms with E-state index in [4.69, 9.17) is 4.74 Å². The van der Waals surface area contributed by atoms with E-state index < -0.39 is 0 Å². The fraction of sp³-hybridized carbons (Fsp3) is 0.647. The highest BCUT2D eigenvalue weighted by atomic mass is 35.5. The summed E-state index contributed by atoms with van der Waals surface area (Å²) in [5.74, 6) is 1.07. The van der Waals surface area contributed by atoms with Gasteiger partial charge in [-0.25, -0.2) is 0 Å². The van der Waals surface area contributed by atoms with E-state index in [1.165, 1.54) is 30.5 Å². The average molecular weight is 311 g/mol. The summed E-state index contributed by atoms with van der Waals surface area (Å²) in [5.41, 5.74) is 2.75. The molecule has 1 fully saturated rings. The molecule has 3 nitrogen and oxygen atoms in total. The van der Waals surface area contributed by atoms with E-state index in [0.29, 0.717) is 6.04 Å². The molecule has 0 amide bonds. The fourth-order valence-corrected chi connectivity index (χ4v) is 3.45. The molecule has 0 aromatic heterocycles. The molecule has 3 rings (SSSR count). The topological polar surface area (TPSA) is 24.5 Å². The van der Waals surface area contributed by atoms with E-state index in [2.05, 4.69) is 49.3 Å². The van der Waals surface area contributed by atoms with Crippen molar-refractivity contribution in [2.45, 2.75) is 51.3 Å². The number of hydrogen-bond acceptors (Lipinski definition) is 3. The Morgan fingerprint density at radius 1 is 1.38 bits per heavy atom. The summed E-state index contributed by atoms with van der Waals surface area (Å²) in [4.78, 5) is 2.56. The van der Waals surface area contributed by atoms with Gasteiger partial charge in [-0.05, 0) is 57.5 Å². The molecule has 1 N–H and O–H groups in total. The summed E-state index contributed by atoms with van der Waals surface area (Å²) in [6.45, 7) is 7.77. The van der Waals surface area contributed by atoms with Crippen LogP contribution in [0.3, 0.4) is 0 Å². The Balaban J connectivity index is 0.00000161. The van der Waals surface area contributed by atoms with Gasteiger partial charge in [0.25, 0.3) is 0 Å². The zero-order chi connectivity index (χ0) is 14.2. The predicted octanol–water partition coefficient (Wildman–Crippen LogP) is 3.01. The summed E-state index contributed by atoms with van der Waals surface area (Å²) < 4.78 is 5.95. The number of nitrogens with one attached hydrogen (secondary N) is 1. The molecule has 1 aromatic carbocycles. The Labute approximate surface area is 134 Å². The zero-order valence-corrected chi connectivity index (χ0v) is 14.1. The van der Waals surface area contributed by atoms with Gasteiger partial charge in [0.15, 0.2) is 0 Å². The van der Waals surface area contributed by atoms with Crippen LogP contribution in [-0.2, 0) is 13.0 Å². The molecule has 0 saturated carbocycles. The Morgan fingerprint density at radius 3 is 2.95 bits per heavy atom. The number of benzene rings is 1. The van der Waals surface area contributed by atoms with Gasteiger partial charge in [-0.15, -0.1) is 12.4 Å². The molecule has 1 saturated heterocycles. The molecule has 118 valence electrons. The third-order valence-electron chi connectivity index (χ3n) is 4.45. The van der Waals surface area contributed by atoms with Crippen molar-refractivity contribution in [1.82, 2.24) is 10.2 Å². The normalized spacial score (nSPS) is 24.0. The SMILES string of the molecule is CNC1CCCN(Cc2ccc3c(c2)CC(C)(C)O3)C1.Cl. The van der Waals surface area contributed by atoms with Crippen molar-refractivity contribution in [3.8, 4) is 5.75 Å². The molecule has 0 spiro atoms. The second kappa shape index (κ2) is 6.55. The molecule has 1 aromatic rings. The minimum atomic E-state index is -0.0384. The molecule has 4 heteroatoms. The maximum atomic E-state index is 5.95. The van der Waals surface area contributed by atoms with Gasteiger partial charge in [0.1, 0.15) is 11.4 Å². The third kappa shape index (κ3) is 3.91. The fourth-order valence-electron chi connectivity index (χ4n) is 3.45. The number of likely N-dealkylation sites (tertiary alicyclic amines) is 1. The number of rotatable bonds is 3. The van der Waals surface area contributed by atoms with E-state index in [1.54, 1.807) is 0 Å². The van der Waals surface area contributed by atoms with Crippen LogP contribution in [0.4, 0.5) is 0 Å². The van der Waals surface area contributed by atoms with Crippen LogP contribution in [-0.4, -0.2) is 36.7 Å². The Kier molecular flexibility index (Phi) is 5.18. The number of fused-ring (bicyclic) bond motifs is 1. The second-order valence-electron chi connectivity index (χ2n) is 6.84. The number of halogens is 1. The van der Waals surface area contributed by atoms with Crippen molar-refractivity contribution in [2.24, 2.45) is 0 Å². The van der Waals surface area contributed by atoms with Gasteiger partial charge in [-0.1, -0.05) is 12.1 Å². The lowest BCUT2D eigenvalue weighted by Gasteiger charge is -2.32. The van der Waals surface area contributed by atoms with Crippen LogP contribution in [0.1, 0.15) is 37.8 Å². The van der Waals surface area contributed by atoms with Crippen LogP contribution < -0.4 is 10.1 Å². The maximum Gasteiger partial charge on any atom is 0.123 e. The van der Waals surface area contributed by atoms with Crippen LogP contribution in [0, 0.1) is 0 Å². The first-order valence-electron chi connectivity index (χ1n) is 7.76. The van der Waals surface area contributed by atoms with Crippen molar-refractivity contribution in [2.75, 3.05) is 20.1 Å². The minimum Gasteiger partial charge on any atom is -0.487 e. The molecule has 0 aliphatic carbocycles. The highest BCUT2D eigenvalue weighted by molar-refractivity contribution is 5.85. The standard InChI is InChI=1S/C17H26N2O.ClH/c1-17(2)10-14-9-13(6-7-16(14)20-17)11-19-8-4-5-15(12-19)18-3;/h6-7,9,15,18H,4-5,8,10-12H2,1-3H3;1H. The molecule has 2 aliphatic rings. The summed E-state index contributed by atoms with van der Waals surface area (Å²) in [6, 6.07) is 7.37. The zero-order valence-electron chi connectivity index (χ0n) is 13.3. The lowest BCUT2D eigenvalue weighted by atomic mass is 9.99. The van der Waals surface area contributed by atoms with Crippen molar-refractivity contribution >= 4 is 12.4 Å². The van der Waals surface area contributed by atoms with Crippen molar-refractivity contribution < 1.29 is 4.74 Å². The van der Waals surface area contributed by atoms with E-state index in [1.807, 2.05) is 0 Å². The first-order valence-corrected chi connectivity index (χ1v) is 7.76. The van der Waals surface area contributed by atoms with Crippen LogP contribution >= 0.6 is 12.4 Å². The minimum absolute atomic E-state index is 0. The Bertz CT molecular complexity index is 490. The number of hydrogen-bond donors (Lipinski definition) is 1. The van der Waals surface area contributed by atoms with Gasteiger partial charge < -0.3 is 10.1 Å². The van der Waals surface area contributed by atoms with Crippen LogP contribution in [0.25, 0.3) is 0 Å². The second-order valence-corrected chi connectivity index (χ2v) is 6.84. The van der Waals surface area contributed by atoms with E-state index >= 15 is 0 Å². The van der Waals surface area contributed by atoms with E-state index in [9.17, 15) is 0 Å². The molecule has 0 bridgehead atoms. The monoisotopic (exact) mass is 310 g/mol. The molecular formula is C17H27ClN2O. The number of nitrogens with zero attached hydrogens (tertiary/aromatic N) is 1. The first-order chi connectivity index (χ1) is 9.55. The largest absolute Gasteiger partial charge is 0.487 e. The maximum absolute atomic E-state index is 5.95. The first kappa shape index (κ1) is 16.6. The predicted molar refractivity (Wildman–Crippen MR) is 89.5 cm³/mol. The summed E-state index contributed by atoms with van der Waals surface area (Å²) >= 11 is 0. The van der Waals surface area contributed by atoms with Gasteiger partial charge in [0.2, 0.25) is 0 Å². The molecule has 1 unspecified atom stereocenters. The molecule has 21 heavy (non-hydrogen) atoms. The average Bonchev–Trinajstić information content (AvgIpc) is 2.72. The third-order valence-corrected chi connectivity index (χ3v) is 4.45. The van der Waals surface area contributed by atoms with E-state index in [0.717, 1.165) is 25.3 Å². The molecule has 1 atom stereocenters. The lowest BCUT2D eigenvalue weighted by Crippen LogP contribution is -2.43. The van der Waals surface area contributed by atoms with Gasteiger partial charge in [0.05, 0.1) is 0 Å². The van der Waals surface area contributed by atoms with Crippen LogP contribution in [0.2, 0.25) is 0 Å². The highest BCUT2D eigenvalue weighted by Crippen LogP contribution is 2.35. The summed E-state index contributed by atoms with van der Waals surface area (Å²) in [6.07, 6.45) is 3.63. The summed E-state index contributed by atoms with van der Waals surface area (Å²) in [7, 11) is 2.07. The highest BCUT2D eigenvalue weighted by Gasteiger charge is 2.30. The Morgan fingerprint density at radius 2 is 2.19 bits per heavy atom. The Hall–Kier alpha value is -0.770. The molecule has 2 heterocycles. The molecule has 2 aliphatic heterocycles. The molecule has 0 radical (unpaired) electrons. The number of piperidine rings is 1.